The van der Waals surface area contributed by atoms with Gasteiger partial charge in [0.15, 0.2) is 0 Å². The number of hydrogen-bond acceptors (Lipinski definition) is 5. The number of amides is 2. The molecule has 1 aromatic carbocycles. The zero-order chi connectivity index (χ0) is 20.9. The van der Waals surface area contributed by atoms with Crippen LogP contribution in [0.4, 0.5) is 10.8 Å². The number of rotatable bonds is 7. The molecule has 1 atom stereocenters. The predicted octanol–water partition coefficient (Wildman–Crippen LogP) is 4.92. The summed E-state index contributed by atoms with van der Waals surface area (Å²) in [6, 6.07) is 8.16. The Labute approximate surface area is 182 Å². The summed E-state index contributed by atoms with van der Waals surface area (Å²) in [7, 11) is 0. The third kappa shape index (κ3) is 5.06. The van der Waals surface area contributed by atoms with E-state index < -0.39 is 0 Å². The highest BCUT2D eigenvalue weighted by Crippen LogP contribution is 2.34. The molecule has 0 spiro atoms. The Morgan fingerprint density at radius 2 is 1.93 bits per heavy atom. The van der Waals surface area contributed by atoms with Gasteiger partial charge in [-0.3, -0.25) is 9.59 Å². The fourth-order valence-corrected chi connectivity index (χ4v) is 5.33. The summed E-state index contributed by atoms with van der Waals surface area (Å²) in [4.78, 5) is 26.7. The zero-order valence-electron chi connectivity index (χ0n) is 17.6. The maximum Gasteiger partial charge on any atom is 0.227 e. The number of carbonyl (C=O) groups is 2. The molecule has 0 bridgehead atoms. The molecule has 1 unspecified atom stereocenters. The Morgan fingerprint density at radius 3 is 2.67 bits per heavy atom. The third-order valence-electron chi connectivity index (χ3n) is 6.32. The van der Waals surface area contributed by atoms with Crippen LogP contribution in [-0.4, -0.2) is 28.6 Å². The molecule has 2 amide bonds. The van der Waals surface area contributed by atoms with Crippen LogP contribution in [0.2, 0.25) is 0 Å². The second kappa shape index (κ2) is 9.69. The number of carbonyl (C=O) groups excluding carboxylic acids is 2. The quantitative estimate of drug-likeness (QED) is 0.682. The first-order valence-electron chi connectivity index (χ1n) is 11.1. The van der Waals surface area contributed by atoms with E-state index >= 15 is 0 Å². The van der Waals surface area contributed by atoms with E-state index in [4.69, 9.17) is 0 Å². The molecule has 4 rings (SSSR count). The van der Waals surface area contributed by atoms with Crippen molar-refractivity contribution in [3.63, 3.8) is 0 Å². The van der Waals surface area contributed by atoms with E-state index in [0.717, 1.165) is 23.5 Å². The van der Waals surface area contributed by atoms with Crippen molar-refractivity contribution in [2.24, 2.45) is 5.92 Å². The highest BCUT2D eigenvalue weighted by Gasteiger charge is 2.34. The molecule has 6 nitrogen and oxygen atoms in total. The van der Waals surface area contributed by atoms with Crippen LogP contribution in [-0.2, 0) is 16.0 Å². The second-order valence-electron chi connectivity index (χ2n) is 8.46. The van der Waals surface area contributed by atoms with E-state index in [0.29, 0.717) is 30.4 Å². The SMILES string of the molecule is CCc1ccc(N2CC(c3nnc(NC(=O)CCC4CCCCC4)s3)CC2=O)cc1. The lowest BCUT2D eigenvalue weighted by Gasteiger charge is -2.20. The number of anilines is 2. The number of benzene rings is 1. The van der Waals surface area contributed by atoms with Gasteiger partial charge in [-0.05, 0) is 36.5 Å². The molecule has 1 aromatic heterocycles. The van der Waals surface area contributed by atoms with Gasteiger partial charge in [0.25, 0.3) is 0 Å². The van der Waals surface area contributed by atoms with Crippen molar-refractivity contribution in [1.29, 1.82) is 0 Å². The van der Waals surface area contributed by atoms with Gasteiger partial charge in [-0.15, -0.1) is 10.2 Å². The molecule has 30 heavy (non-hydrogen) atoms. The van der Waals surface area contributed by atoms with E-state index in [1.165, 1.54) is 49.0 Å². The lowest BCUT2D eigenvalue weighted by molar-refractivity contribution is -0.117. The monoisotopic (exact) mass is 426 g/mol. The van der Waals surface area contributed by atoms with Crippen molar-refractivity contribution in [2.75, 3.05) is 16.8 Å². The molecule has 1 saturated carbocycles. The van der Waals surface area contributed by atoms with Gasteiger partial charge in [0.1, 0.15) is 5.01 Å². The van der Waals surface area contributed by atoms with Crippen LogP contribution in [0.5, 0.6) is 0 Å². The van der Waals surface area contributed by atoms with Gasteiger partial charge in [-0.2, -0.15) is 0 Å². The first kappa shape index (κ1) is 21.0. The first-order chi connectivity index (χ1) is 14.6. The summed E-state index contributed by atoms with van der Waals surface area (Å²) in [5, 5.41) is 12.7. The fraction of sp³-hybridized carbons (Fsp3) is 0.565. The molecule has 1 saturated heterocycles. The number of aryl methyl sites for hydroxylation is 1. The Balaban J connectivity index is 1.31. The van der Waals surface area contributed by atoms with E-state index in [2.05, 4.69) is 34.6 Å². The van der Waals surface area contributed by atoms with Crippen LogP contribution in [0, 0.1) is 5.92 Å². The average molecular weight is 427 g/mol. The standard InChI is InChI=1S/C23H30N4O2S/c1-2-16-8-11-19(12-9-16)27-15-18(14-21(27)29)22-25-26-23(30-22)24-20(28)13-10-17-6-4-3-5-7-17/h8-9,11-12,17-18H,2-7,10,13-15H2,1H3,(H,24,26,28). The summed E-state index contributed by atoms with van der Waals surface area (Å²) >= 11 is 1.39. The summed E-state index contributed by atoms with van der Waals surface area (Å²) in [5.74, 6) is 0.839. The van der Waals surface area contributed by atoms with Gasteiger partial charge < -0.3 is 10.2 Å². The third-order valence-corrected chi connectivity index (χ3v) is 7.32. The lowest BCUT2D eigenvalue weighted by Crippen LogP contribution is -2.24. The van der Waals surface area contributed by atoms with Crippen LogP contribution < -0.4 is 10.2 Å². The van der Waals surface area contributed by atoms with Crippen molar-refractivity contribution < 1.29 is 9.59 Å². The smallest absolute Gasteiger partial charge is 0.227 e. The van der Waals surface area contributed by atoms with Gasteiger partial charge >= 0.3 is 0 Å². The minimum atomic E-state index is 0.0170. The number of nitrogens with one attached hydrogen (secondary N) is 1. The maximum atomic E-state index is 12.5. The molecule has 2 aliphatic rings. The number of hydrogen-bond donors (Lipinski definition) is 1. The van der Waals surface area contributed by atoms with E-state index in [1.807, 2.05) is 17.0 Å². The Hall–Kier alpha value is -2.28. The summed E-state index contributed by atoms with van der Waals surface area (Å²) < 4.78 is 0. The molecule has 2 fully saturated rings. The summed E-state index contributed by atoms with van der Waals surface area (Å²) in [5.41, 5.74) is 2.19. The van der Waals surface area contributed by atoms with Crippen molar-refractivity contribution in [3.05, 3.63) is 34.8 Å². The summed E-state index contributed by atoms with van der Waals surface area (Å²) in [6.07, 6.45) is 9.35. The van der Waals surface area contributed by atoms with Crippen LogP contribution >= 0.6 is 11.3 Å². The van der Waals surface area contributed by atoms with Crippen molar-refractivity contribution in [2.45, 2.75) is 70.6 Å². The highest BCUT2D eigenvalue weighted by molar-refractivity contribution is 7.15. The Kier molecular flexibility index (Phi) is 6.77. The van der Waals surface area contributed by atoms with Crippen LogP contribution in [0.25, 0.3) is 0 Å². The minimum absolute atomic E-state index is 0.0170. The van der Waals surface area contributed by atoms with E-state index in [-0.39, 0.29) is 17.7 Å². The topological polar surface area (TPSA) is 75.2 Å². The molecule has 1 aliphatic carbocycles. The van der Waals surface area contributed by atoms with Gasteiger partial charge in [0, 0.05) is 31.0 Å². The van der Waals surface area contributed by atoms with E-state index in [1.54, 1.807) is 0 Å². The molecule has 160 valence electrons. The molecule has 7 heteroatoms. The second-order valence-corrected chi connectivity index (χ2v) is 9.47. The highest BCUT2D eigenvalue weighted by atomic mass is 32.1. The Morgan fingerprint density at radius 1 is 1.17 bits per heavy atom. The van der Waals surface area contributed by atoms with Crippen molar-refractivity contribution in [3.8, 4) is 0 Å². The van der Waals surface area contributed by atoms with Crippen molar-refractivity contribution in [1.82, 2.24) is 10.2 Å². The van der Waals surface area contributed by atoms with Gasteiger partial charge in [0.2, 0.25) is 16.9 Å². The van der Waals surface area contributed by atoms with Gasteiger partial charge in [-0.25, -0.2) is 0 Å². The molecule has 1 aliphatic heterocycles. The molecule has 1 N–H and O–H groups in total. The van der Waals surface area contributed by atoms with Crippen LogP contribution in [0.3, 0.4) is 0 Å². The van der Waals surface area contributed by atoms with Gasteiger partial charge in [0.05, 0.1) is 0 Å². The molecule has 0 radical (unpaired) electrons. The van der Waals surface area contributed by atoms with Crippen molar-refractivity contribution >= 4 is 34.0 Å². The fourth-order valence-electron chi connectivity index (χ4n) is 4.48. The molecular weight excluding hydrogens is 396 g/mol. The molecular formula is C23H30N4O2S. The number of aromatic nitrogens is 2. The first-order valence-corrected chi connectivity index (χ1v) is 12.0. The summed E-state index contributed by atoms with van der Waals surface area (Å²) in [6.45, 7) is 2.72. The normalized spacial score (nSPS) is 20.0. The van der Waals surface area contributed by atoms with Crippen LogP contribution in [0.15, 0.2) is 24.3 Å². The molecule has 2 heterocycles. The largest absolute Gasteiger partial charge is 0.312 e. The lowest BCUT2D eigenvalue weighted by atomic mass is 9.86. The minimum Gasteiger partial charge on any atom is -0.312 e. The average Bonchev–Trinajstić information content (AvgIpc) is 3.39. The number of nitrogens with zero attached hydrogens (tertiary/aromatic N) is 3. The Bertz CT molecular complexity index is 874. The van der Waals surface area contributed by atoms with E-state index in [9.17, 15) is 9.59 Å². The van der Waals surface area contributed by atoms with Crippen LogP contribution in [0.1, 0.15) is 74.8 Å². The van der Waals surface area contributed by atoms with Gasteiger partial charge in [-0.1, -0.05) is 62.5 Å². The molecule has 2 aromatic rings. The maximum absolute atomic E-state index is 12.5. The zero-order valence-corrected chi connectivity index (χ0v) is 18.4. The predicted molar refractivity (Wildman–Crippen MR) is 120 cm³/mol.